The molecule has 0 spiro atoms. The summed E-state index contributed by atoms with van der Waals surface area (Å²) >= 11 is 0. The van der Waals surface area contributed by atoms with Gasteiger partial charge in [0.1, 0.15) is 0 Å². The number of aliphatic hydroxyl groups is 3. The number of hydrogen-bond acceptors (Lipinski definition) is 7. The van der Waals surface area contributed by atoms with Gasteiger partial charge in [-0.05, 0) is 0 Å². The van der Waals surface area contributed by atoms with E-state index in [0.29, 0.717) is 0 Å². The maximum Gasteiger partial charge on any atom is 0.257 e. The summed E-state index contributed by atoms with van der Waals surface area (Å²) in [5.74, 6) is 0. The van der Waals surface area contributed by atoms with Gasteiger partial charge < -0.3 is 21.1 Å². The van der Waals surface area contributed by atoms with E-state index in [1.807, 2.05) is 0 Å². The molecule has 0 aromatic heterocycles. The molecule has 7 nitrogen and oxygen atoms in total. The SMILES string of the molecule is NC(CO[SH](=O)=O)C(CO)(CO)CO. The molecule has 0 amide bonds. The highest BCUT2D eigenvalue weighted by Gasteiger charge is 2.35. The summed E-state index contributed by atoms with van der Waals surface area (Å²) < 4.78 is 24.3. The highest BCUT2D eigenvalue weighted by Crippen LogP contribution is 2.18. The van der Waals surface area contributed by atoms with Crippen LogP contribution in [0.2, 0.25) is 0 Å². The zero-order chi connectivity index (χ0) is 11.2. The molecule has 0 aliphatic carbocycles. The van der Waals surface area contributed by atoms with Crippen molar-refractivity contribution in [2.45, 2.75) is 6.04 Å². The van der Waals surface area contributed by atoms with Crippen LogP contribution >= 0.6 is 0 Å². The number of nitrogens with two attached hydrogens (primary N) is 1. The Hall–Kier alpha value is -0.250. The first-order valence-electron chi connectivity index (χ1n) is 3.88. The molecule has 14 heavy (non-hydrogen) atoms. The Balaban J connectivity index is 4.35. The van der Waals surface area contributed by atoms with Crippen molar-refractivity contribution in [3.8, 4) is 0 Å². The molecule has 0 bridgehead atoms. The van der Waals surface area contributed by atoms with Crippen LogP contribution in [0.5, 0.6) is 0 Å². The van der Waals surface area contributed by atoms with E-state index >= 15 is 0 Å². The summed E-state index contributed by atoms with van der Waals surface area (Å²) in [5.41, 5.74) is 4.13. The van der Waals surface area contributed by atoms with Crippen LogP contribution in [0, 0.1) is 5.41 Å². The summed E-state index contributed by atoms with van der Waals surface area (Å²) in [4.78, 5) is 0. The molecule has 0 fully saturated rings. The molecule has 1 unspecified atom stereocenters. The van der Waals surface area contributed by atoms with E-state index in [1.54, 1.807) is 0 Å². The third-order valence-electron chi connectivity index (χ3n) is 2.09. The molecule has 0 aliphatic rings. The topological polar surface area (TPSA) is 130 Å². The molecule has 8 heteroatoms. The molecule has 0 radical (unpaired) electrons. The van der Waals surface area contributed by atoms with Crippen molar-refractivity contribution in [1.82, 2.24) is 0 Å². The van der Waals surface area contributed by atoms with Crippen molar-refractivity contribution in [3.63, 3.8) is 0 Å². The van der Waals surface area contributed by atoms with Gasteiger partial charge in [-0.15, -0.1) is 0 Å². The van der Waals surface area contributed by atoms with Crippen LogP contribution in [-0.4, -0.2) is 56.2 Å². The van der Waals surface area contributed by atoms with Gasteiger partial charge in [0.05, 0.1) is 31.8 Å². The minimum atomic E-state index is -3.02. The monoisotopic (exact) mass is 229 g/mol. The van der Waals surface area contributed by atoms with E-state index in [0.717, 1.165) is 0 Å². The second-order valence-corrected chi connectivity index (χ2v) is 3.67. The van der Waals surface area contributed by atoms with E-state index in [4.69, 9.17) is 21.1 Å². The lowest BCUT2D eigenvalue weighted by Crippen LogP contribution is -2.52. The fraction of sp³-hybridized carbons (Fsp3) is 1.00. The first kappa shape index (κ1) is 13.8. The molecule has 0 heterocycles. The Kier molecular flexibility index (Phi) is 6.16. The summed E-state index contributed by atoms with van der Waals surface area (Å²) in [5, 5.41) is 26.7. The van der Waals surface area contributed by atoms with Gasteiger partial charge in [-0.3, -0.25) is 4.18 Å². The number of thiol groups is 1. The number of hydrogen-bond donors (Lipinski definition) is 5. The maximum atomic E-state index is 10.1. The van der Waals surface area contributed by atoms with Crippen molar-refractivity contribution in [3.05, 3.63) is 0 Å². The molecule has 0 aromatic carbocycles. The largest absolute Gasteiger partial charge is 0.396 e. The van der Waals surface area contributed by atoms with Gasteiger partial charge in [0.2, 0.25) is 0 Å². The lowest BCUT2D eigenvalue weighted by Gasteiger charge is -2.32. The van der Waals surface area contributed by atoms with Crippen LogP contribution in [0.1, 0.15) is 0 Å². The predicted molar refractivity (Wildman–Crippen MR) is 47.9 cm³/mol. The van der Waals surface area contributed by atoms with Gasteiger partial charge in [-0.2, -0.15) is 0 Å². The third kappa shape index (κ3) is 3.48. The van der Waals surface area contributed by atoms with Crippen molar-refractivity contribution in [2.75, 3.05) is 26.4 Å². The Morgan fingerprint density at radius 3 is 1.93 bits per heavy atom. The quantitative estimate of drug-likeness (QED) is 0.291. The van der Waals surface area contributed by atoms with Crippen LogP contribution in [0.4, 0.5) is 0 Å². The van der Waals surface area contributed by atoms with Crippen LogP contribution < -0.4 is 5.73 Å². The third-order valence-corrected chi connectivity index (χ3v) is 2.45. The summed E-state index contributed by atoms with van der Waals surface area (Å²) in [7, 11) is -3.02. The van der Waals surface area contributed by atoms with Gasteiger partial charge in [0.15, 0.2) is 0 Å². The lowest BCUT2D eigenvalue weighted by molar-refractivity contribution is -0.0222. The Bertz CT molecular complexity index is 210. The van der Waals surface area contributed by atoms with E-state index < -0.39 is 42.3 Å². The summed E-state index contributed by atoms with van der Waals surface area (Å²) in [6.07, 6.45) is 0. The summed E-state index contributed by atoms with van der Waals surface area (Å²) in [6, 6.07) is -0.963. The van der Waals surface area contributed by atoms with Gasteiger partial charge in [0, 0.05) is 6.04 Å². The molecule has 1 atom stereocenters. The van der Waals surface area contributed by atoms with Gasteiger partial charge in [0.25, 0.3) is 11.0 Å². The zero-order valence-corrected chi connectivity index (χ0v) is 8.39. The van der Waals surface area contributed by atoms with Crippen LogP contribution in [0.15, 0.2) is 0 Å². The van der Waals surface area contributed by atoms with Crippen LogP contribution in [0.3, 0.4) is 0 Å². The first-order chi connectivity index (χ1) is 6.52. The van der Waals surface area contributed by atoms with E-state index in [9.17, 15) is 8.42 Å². The minimum absolute atomic E-state index is 0.389. The molecule has 0 saturated carbocycles. The second kappa shape index (κ2) is 6.27. The molecule has 0 aliphatic heterocycles. The maximum absolute atomic E-state index is 10.1. The highest BCUT2D eigenvalue weighted by atomic mass is 32.2. The van der Waals surface area contributed by atoms with E-state index in [1.165, 1.54) is 0 Å². The zero-order valence-electron chi connectivity index (χ0n) is 7.50. The average Bonchev–Trinajstić information content (AvgIpc) is 2.18. The highest BCUT2D eigenvalue weighted by molar-refractivity contribution is 7.67. The number of rotatable bonds is 7. The molecule has 0 aromatic rings. The van der Waals surface area contributed by atoms with Crippen molar-refractivity contribution in [1.29, 1.82) is 0 Å². The van der Waals surface area contributed by atoms with Crippen LogP contribution in [0.25, 0.3) is 0 Å². The first-order valence-corrected chi connectivity index (χ1v) is 4.97. The van der Waals surface area contributed by atoms with Crippen molar-refractivity contribution < 1.29 is 27.9 Å². The summed E-state index contributed by atoms with van der Waals surface area (Å²) in [6.45, 7) is -2.05. The van der Waals surface area contributed by atoms with Gasteiger partial charge in [-0.1, -0.05) is 0 Å². The van der Waals surface area contributed by atoms with Gasteiger partial charge >= 0.3 is 0 Å². The van der Waals surface area contributed by atoms with Crippen LogP contribution in [-0.2, 0) is 15.2 Å². The van der Waals surface area contributed by atoms with E-state index in [-0.39, 0.29) is 6.61 Å². The number of aliphatic hydroxyl groups excluding tert-OH is 3. The standard InChI is InChI=1S/C6H15NO6S/c7-5(1-13-14(11)12)6(2-8,3-9)4-10/h5,8-10,14H,1-4,7H2. The molecular weight excluding hydrogens is 214 g/mol. The smallest absolute Gasteiger partial charge is 0.257 e. The average molecular weight is 229 g/mol. The normalized spacial score (nSPS) is 14.6. The molecule has 86 valence electrons. The fourth-order valence-corrected chi connectivity index (χ4v) is 1.10. The molecular formula is C6H15NO6S. The van der Waals surface area contributed by atoms with Gasteiger partial charge in [-0.25, -0.2) is 8.42 Å². The molecule has 5 N–H and O–H groups in total. The predicted octanol–water partition coefficient (Wildman–Crippen LogP) is -3.18. The Labute approximate surface area is 83.3 Å². The van der Waals surface area contributed by atoms with Crippen molar-refractivity contribution >= 4 is 11.0 Å². The minimum Gasteiger partial charge on any atom is -0.396 e. The van der Waals surface area contributed by atoms with E-state index in [2.05, 4.69) is 4.18 Å². The molecule has 0 saturated heterocycles. The molecule has 0 rings (SSSR count). The lowest BCUT2D eigenvalue weighted by atomic mass is 9.83. The Morgan fingerprint density at radius 1 is 1.21 bits per heavy atom. The fourth-order valence-electron chi connectivity index (χ4n) is 0.820. The van der Waals surface area contributed by atoms with Crippen molar-refractivity contribution in [2.24, 2.45) is 11.1 Å². The Morgan fingerprint density at radius 2 is 1.64 bits per heavy atom. The second-order valence-electron chi connectivity index (χ2n) is 2.96.